The molecule has 3 aromatic rings. The van der Waals surface area contributed by atoms with Gasteiger partial charge in [0, 0.05) is 21.6 Å². The molecule has 0 saturated heterocycles. The molecule has 1 fully saturated rings. The summed E-state index contributed by atoms with van der Waals surface area (Å²) in [4.78, 5) is 30.6. The fourth-order valence-corrected chi connectivity index (χ4v) is 6.25. The molecule has 2 amide bonds. The number of anilines is 1. The van der Waals surface area contributed by atoms with E-state index in [1.54, 1.807) is 28.4 Å². The Balaban J connectivity index is 1.60. The zero-order chi connectivity index (χ0) is 22.5. The highest BCUT2D eigenvalue weighted by atomic mass is 35.5. The molecule has 1 aliphatic carbocycles. The Morgan fingerprint density at radius 1 is 1.19 bits per heavy atom. The number of halogens is 1. The lowest BCUT2D eigenvalue weighted by Crippen LogP contribution is -2.65. The predicted octanol–water partition coefficient (Wildman–Crippen LogP) is 5.79. The van der Waals surface area contributed by atoms with Crippen LogP contribution in [0.15, 0.2) is 36.4 Å². The summed E-state index contributed by atoms with van der Waals surface area (Å²) >= 11 is 7.83. The third kappa shape index (κ3) is 3.54. The Morgan fingerprint density at radius 2 is 1.91 bits per heavy atom. The molecule has 0 spiro atoms. The fraction of sp³-hybridized carbons (Fsp3) is 0.440. The van der Waals surface area contributed by atoms with Crippen LogP contribution in [0.5, 0.6) is 0 Å². The van der Waals surface area contributed by atoms with Gasteiger partial charge in [-0.25, -0.2) is 0 Å². The first-order valence-corrected chi connectivity index (χ1v) is 12.6. The van der Waals surface area contributed by atoms with Crippen LogP contribution in [0.25, 0.3) is 10.2 Å². The van der Waals surface area contributed by atoms with Crippen molar-refractivity contribution in [2.24, 2.45) is 0 Å². The molecule has 1 N–H and O–H groups in total. The lowest BCUT2D eigenvalue weighted by molar-refractivity contribution is -0.127. The van der Waals surface area contributed by atoms with Gasteiger partial charge in [0.25, 0.3) is 5.91 Å². The number of fused-ring (bicyclic) bond motifs is 3. The van der Waals surface area contributed by atoms with E-state index in [1.165, 1.54) is 11.3 Å². The molecule has 5 rings (SSSR count). The molecule has 168 valence electrons. The van der Waals surface area contributed by atoms with Gasteiger partial charge in [0.05, 0.1) is 16.8 Å². The number of amides is 2. The molecule has 2 aromatic heterocycles. The topological polar surface area (TPSA) is 54.3 Å². The average molecular weight is 470 g/mol. The van der Waals surface area contributed by atoms with E-state index in [9.17, 15) is 9.59 Å². The number of carbonyl (C=O) groups excluding carboxylic acids is 2. The SMILES string of the molecule is CCc1cc2c(cc3n2C[C@](C)(C(=O)NC2CCCCC2)N(c2ccc(Cl)cc2)C3=O)s1. The smallest absolute Gasteiger partial charge is 0.275 e. The minimum absolute atomic E-state index is 0.0915. The van der Waals surface area contributed by atoms with E-state index in [1.807, 2.05) is 29.7 Å². The average Bonchev–Trinajstić information content (AvgIpc) is 3.34. The molecule has 2 aliphatic rings. The van der Waals surface area contributed by atoms with Gasteiger partial charge in [-0.15, -0.1) is 11.3 Å². The van der Waals surface area contributed by atoms with Crippen LogP contribution < -0.4 is 10.2 Å². The molecule has 5 nitrogen and oxygen atoms in total. The maximum atomic E-state index is 13.8. The van der Waals surface area contributed by atoms with Crippen LogP contribution in [0.1, 0.15) is 61.3 Å². The van der Waals surface area contributed by atoms with Gasteiger partial charge in [0.2, 0.25) is 5.91 Å². The van der Waals surface area contributed by atoms with E-state index < -0.39 is 5.54 Å². The summed E-state index contributed by atoms with van der Waals surface area (Å²) in [5, 5.41) is 3.88. The van der Waals surface area contributed by atoms with Crippen molar-refractivity contribution in [1.82, 2.24) is 9.88 Å². The predicted molar refractivity (Wildman–Crippen MR) is 131 cm³/mol. The van der Waals surface area contributed by atoms with Gasteiger partial charge in [-0.1, -0.05) is 37.8 Å². The summed E-state index contributed by atoms with van der Waals surface area (Å²) in [5.41, 5.74) is 1.32. The maximum absolute atomic E-state index is 13.8. The van der Waals surface area contributed by atoms with Gasteiger partial charge in [0.15, 0.2) is 0 Å². The Hall–Kier alpha value is -2.31. The second kappa shape index (κ2) is 8.23. The van der Waals surface area contributed by atoms with Gasteiger partial charge in [-0.2, -0.15) is 0 Å². The molecule has 3 heterocycles. The van der Waals surface area contributed by atoms with Crippen molar-refractivity contribution in [2.75, 3.05) is 4.90 Å². The minimum Gasteiger partial charge on any atom is -0.351 e. The van der Waals surface area contributed by atoms with Gasteiger partial charge < -0.3 is 9.88 Å². The van der Waals surface area contributed by atoms with Gasteiger partial charge in [0.1, 0.15) is 11.2 Å². The Labute approximate surface area is 197 Å². The van der Waals surface area contributed by atoms with Gasteiger partial charge >= 0.3 is 0 Å². The number of nitrogens with one attached hydrogen (secondary N) is 1. The van der Waals surface area contributed by atoms with E-state index in [-0.39, 0.29) is 17.9 Å². The van der Waals surface area contributed by atoms with Crippen molar-refractivity contribution in [2.45, 2.75) is 70.5 Å². The zero-order valence-electron chi connectivity index (χ0n) is 18.5. The maximum Gasteiger partial charge on any atom is 0.275 e. The first-order chi connectivity index (χ1) is 15.4. The molecule has 1 aromatic carbocycles. The lowest BCUT2D eigenvalue weighted by atomic mass is 9.91. The number of aryl methyl sites for hydroxylation is 1. The van der Waals surface area contributed by atoms with E-state index in [0.717, 1.165) is 42.3 Å². The first kappa shape index (κ1) is 21.5. The normalized spacial score (nSPS) is 21.7. The number of benzene rings is 1. The minimum atomic E-state index is -1.05. The zero-order valence-corrected chi connectivity index (χ0v) is 20.1. The molecule has 1 aliphatic heterocycles. The third-order valence-electron chi connectivity index (χ3n) is 6.89. The molecule has 1 saturated carbocycles. The number of nitrogens with zero attached hydrogens (tertiary/aromatic N) is 2. The van der Waals surface area contributed by atoms with Crippen molar-refractivity contribution in [1.29, 1.82) is 0 Å². The van der Waals surface area contributed by atoms with Crippen LogP contribution in [-0.2, 0) is 17.8 Å². The van der Waals surface area contributed by atoms with Crippen molar-refractivity contribution < 1.29 is 9.59 Å². The molecular formula is C25H28ClN3O2S. The third-order valence-corrected chi connectivity index (χ3v) is 8.35. The van der Waals surface area contributed by atoms with E-state index in [0.29, 0.717) is 22.9 Å². The number of aromatic nitrogens is 1. The molecule has 7 heteroatoms. The van der Waals surface area contributed by atoms with Crippen LogP contribution in [0, 0.1) is 0 Å². The molecule has 32 heavy (non-hydrogen) atoms. The highest BCUT2D eigenvalue weighted by molar-refractivity contribution is 7.19. The summed E-state index contributed by atoms with van der Waals surface area (Å²) in [5.74, 6) is -0.243. The molecule has 1 atom stereocenters. The number of thiophene rings is 1. The largest absolute Gasteiger partial charge is 0.351 e. The van der Waals surface area contributed by atoms with Crippen LogP contribution >= 0.6 is 22.9 Å². The lowest BCUT2D eigenvalue weighted by Gasteiger charge is -2.44. The summed E-state index contributed by atoms with van der Waals surface area (Å²) in [7, 11) is 0. The summed E-state index contributed by atoms with van der Waals surface area (Å²) in [6, 6.07) is 11.5. The van der Waals surface area contributed by atoms with Crippen molar-refractivity contribution in [3.8, 4) is 0 Å². The van der Waals surface area contributed by atoms with Crippen LogP contribution in [-0.4, -0.2) is 28.0 Å². The summed E-state index contributed by atoms with van der Waals surface area (Å²) < 4.78 is 3.14. The Kier molecular flexibility index (Phi) is 5.54. The molecular weight excluding hydrogens is 442 g/mol. The van der Waals surface area contributed by atoms with Crippen LogP contribution in [0.4, 0.5) is 5.69 Å². The van der Waals surface area contributed by atoms with Gasteiger partial charge in [-0.05, 0) is 62.6 Å². The van der Waals surface area contributed by atoms with Gasteiger partial charge in [-0.3, -0.25) is 14.5 Å². The Bertz CT molecular complexity index is 1180. The molecule has 0 radical (unpaired) electrons. The standard InChI is InChI=1S/C25H28ClN3O2S/c1-3-19-13-20-22(32-19)14-21-23(30)29(18-11-9-16(26)10-12-18)25(2,15-28(20)21)24(31)27-17-7-5-4-6-8-17/h9-14,17H,3-8,15H2,1-2H3,(H,27,31)/t25-/m1/s1. The van der Waals surface area contributed by atoms with Crippen LogP contribution in [0.2, 0.25) is 5.02 Å². The fourth-order valence-electron chi connectivity index (χ4n) is 5.09. The second-order valence-electron chi connectivity index (χ2n) is 9.13. The quantitative estimate of drug-likeness (QED) is 0.526. The number of rotatable bonds is 4. The molecule has 0 bridgehead atoms. The number of carbonyl (C=O) groups is 2. The monoisotopic (exact) mass is 469 g/mol. The Morgan fingerprint density at radius 3 is 2.59 bits per heavy atom. The summed E-state index contributed by atoms with van der Waals surface area (Å²) in [6.45, 7) is 4.44. The van der Waals surface area contributed by atoms with Crippen LogP contribution in [0.3, 0.4) is 0 Å². The molecule has 0 unspecified atom stereocenters. The second-order valence-corrected chi connectivity index (χ2v) is 10.7. The first-order valence-electron chi connectivity index (χ1n) is 11.4. The van der Waals surface area contributed by atoms with E-state index in [4.69, 9.17) is 11.6 Å². The van der Waals surface area contributed by atoms with Crippen molar-refractivity contribution in [3.05, 3.63) is 52.0 Å². The number of hydrogen-bond donors (Lipinski definition) is 1. The van der Waals surface area contributed by atoms with E-state index >= 15 is 0 Å². The summed E-state index contributed by atoms with van der Waals surface area (Å²) in [6.07, 6.45) is 6.46. The number of hydrogen-bond acceptors (Lipinski definition) is 3. The highest BCUT2D eigenvalue weighted by Gasteiger charge is 2.49. The van der Waals surface area contributed by atoms with E-state index in [2.05, 4.69) is 18.3 Å². The highest BCUT2D eigenvalue weighted by Crippen LogP contribution is 2.39. The van der Waals surface area contributed by atoms with Crippen molar-refractivity contribution >= 4 is 50.7 Å². The van der Waals surface area contributed by atoms with Crippen molar-refractivity contribution in [3.63, 3.8) is 0 Å².